The predicted molar refractivity (Wildman–Crippen MR) is 93.4 cm³/mol. The summed E-state index contributed by atoms with van der Waals surface area (Å²) < 4.78 is 0. The Morgan fingerprint density at radius 2 is 1.95 bits per heavy atom. The van der Waals surface area contributed by atoms with Gasteiger partial charge in [-0.1, -0.05) is 54.2 Å². The first-order chi connectivity index (χ1) is 10.1. The van der Waals surface area contributed by atoms with Crippen molar-refractivity contribution in [1.29, 1.82) is 0 Å². The maximum atomic E-state index is 6.26. The van der Waals surface area contributed by atoms with Crippen LogP contribution >= 0.6 is 23.8 Å². The number of halogens is 1. The van der Waals surface area contributed by atoms with Crippen LogP contribution < -0.4 is 10.6 Å². The van der Waals surface area contributed by atoms with Crippen LogP contribution in [0.1, 0.15) is 23.5 Å². The van der Waals surface area contributed by atoms with Crippen LogP contribution in [0.3, 0.4) is 0 Å². The van der Waals surface area contributed by atoms with Gasteiger partial charge in [0.15, 0.2) is 0 Å². The van der Waals surface area contributed by atoms with E-state index in [1.807, 2.05) is 18.2 Å². The lowest BCUT2D eigenvalue weighted by Crippen LogP contribution is -2.19. The van der Waals surface area contributed by atoms with Gasteiger partial charge >= 0.3 is 0 Å². The van der Waals surface area contributed by atoms with Crippen LogP contribution in [0.5, 0.6) is 0 Å². The molecule has 0 radical (unpaired) electrons. The van der Waals surface area contributed by atoms with Gasteiger partial charge in [0.1, 0.15) is 4.99 Å². The van der Waals surface area contributed by atoms with Crippen molar-refractivity contribution in [1.82, 2.24) is 0 Å². The summed E-state index contributed by atoms with van der Waals surface area (Å²) in [4.78, 5) is 2.71. The first kappa shape index (κ1) is 14.4. The average molecular weight is 317 g/mol. The molecule has 108 valence electrons. The van der Waals surface area contributed by atoms with Crippen molar-refractivity contribution in [2.75, 3.05) is 18.0 Å². The van der Waals surface area contributed by atoms with Crippen molar-refractivity contribution in [3.05, 3.63) is 64.7 Å². The Hall–Kier alpha value is -1.58. The molecule has 2 aromatic rings. The van der Waals surface area contributed by atoms with Gasteiger partial charge in [-0.05, 0) is 30.2 Å². The van der Waals surface area contributed by atoms with E-state index in [0.717, 1.165) is 24.3 Å². The lowest BCUT2D eigenvalue weighted by atomic mass is 9.99. The minimum Gasteiger partial charge on any atom is -0.389 e. The molecule has 0 bridgehead atoms. The van der Waals surface area contributed by atoms with Gasteiger partial charge in [-0.2, -0.15) is 0 Å². The number of benzene rings is 2. The second-order valence-corrected chi connectivity index (χ2v) is 6.22. The van der Waals surface area contributed by atoms with Crippen LogP contribution in [0.15, 0.2) is 48.5 Å². The van der Waals surface area contributed by atoms with Gasteiger partial charge in [0.2, 0.25) is 0 Å². The van der Waals surface area contributed by atoms with Crippen molar-refractivity contribution in [2.24, 2.45) is 5.73 Å². The fraction of sp³-hybridized carbons (Fsp3) is 0.235. The Kier molecular flexibility index (Phi) is 4.13. The van der Waals surface area contributed by atoms with Crippen molar-refractivity contribution in [3.63, 3.8) is 0 Å². The number of hydrogen-bond donors (Lipinski definition) is 1. The maximum absolute atomic E-state index is 6.26. The second-order valence-electron chi connectivity index (χ2n) is 5.37. The predicted octanol–water partition coefficient (Wildman–Crippen LogP) is 3.97. The number of nitrogens with zero attached hydrogens (tertiary/aromatic N) is 1. The number of rotatable bonds is 3. The summed E-state index contributed by atoms with van der Waals surface area (Å²) in [7, 11) is 0. The summed E-state index contributed by atoms with van der Waals surface area (Å²) >= 11 is 11.3. The zero-order valence-electron chi connectivity index (χ0n) is 11.6. The highest BCUT2D eigenvalue weighted by Gasteiger charge is 2.24. The molecule has 4 heteroatoms. The van der Waals surface area contributed by atoms with E-state index in [2.05, 4.69) is 35.2 Å². The lowest BCUT2D eigenvalue weighted by molar-refractivity contribution is 0.775. The molecular weight excluding hydrogens is 300 g/mol. The summed E-state index contributed by atoms with van der Waals surface area (Å²) in [6.45, 7) is 2.06. The van der Waals surface area contributed by atoms with Gasteiger partial charge < -0.3 is 10.6 Å². The van der Waals surface area contributed by atoms with Gasteiger partial charge in [0, 0.05) is 30.3 Å². The zero-order valence-corrected chi connectivity index (χ0v) is 13.2. The Morgan fingerprint density at radius 3 is 2.62 bits per heavy atom. The van der Waals surface area contributed by atoms with Crippen LogP contribution in [0.25, 0.3) is 0 Å². The van der Waals surface area contributed by atoms with Crippen molar-refractivity contribution < 1.29 is 0 Å². The summed E-state index contributed by atoms with van der Waals surface area (Å²) in [5.41, 5.74) is 8.94. The molecule has 3 rings (SSSR count). The van der Waals surface area contributed by atoms with E-state index in [4.69, 9.17) is 29.6 Å². The van der Waals surface area contributed by atoms with Gasteiger partial charge in [0.05, 0.1) is 5.02 Å². The lowest BCUT2D eigenvalue weighted by Gasteiger charge is -2.20. The van der Waals surface area contributed by atoms with Gasteiger partial charge in [-0.3, -0.25) is 0 Å². The quantitative estimate of drug-likeness (QED) is 0.869. The summed E-state index contributed by atoms with van der Waals surface area (Å²) in [6.07, 6.45) is 1.17. The molecule has 1 aliphatic heterocycles. The van der Waals surface area contributed by atoms with Crippen LogP contribution in [0.2, 0.25) is 5.02 Å². The Balaban J connectivity index is 1.77. The normalized spacial score (nSPS) is 18.0. The monoisotopic (exact) mass is 316 g/mol. The molecule has 1 heterocycles. The molecular formula is C17H17ClN2S. The van der Waals surface area contributed by atoms with Crippen LogP contribution in [0.4, 0.5) is 5.69 Å². The average Bonchev–Trinajstić information content (AvgIpc) is 2.97. The number of anilines is 1. The molecule has 1 saturated heterocycles. The SMILES string of the molecule is NC(=S)c1ccc(N2CCC(c3ccccc3)C2)cc1Cl. The second kappa shape index (κ2) is 6.04. The Bertz CT molecular complexity index is 657. The molecule has 0 aliphatic carbocycles. The molecule has 1 unspecified atom stereocenters. The number of nitrogens with two attached hydrogens (primary N) is 1. The molecule has 0 aromatic heterocycles. The number of hydrogen-bond acceptors (Lipinski definition) is 2. The maximum Gasteiger partial charge on any atom is 0.105 e. The third-order valence-corrected chi connectivity index (χ3v) is 4.58. The fourth-order valence-electron chi connectivity index (χ4n) is 2.89. The Labute approximate surface area is 135 Å². The molecule has 1 atom stereocenters. The van der Waals surface area contributed by atoms with Crippen molar-refractivity contribution >= 4 is 34.5 Å². The third kappa shape index (κ3) is 3.04. The Morgan fingerprint density at radius 1 is 1.19 bits per heavy atom. The van der Waals surface area contributed by atoms with E-state index in [-0.39, 0.29) is 0 Å². The first-order valence-electron chi connectivity index (χ1n) is 7.04. The topological polar surface area (TPSA) is 29.3 Å². The molecule has 1 fully saturated rings. The van der Waals surface area contributed by atoms with Crippen LogP contribution in [-0.4, -0.2) is 18.1 Å². The van der Waals surface area contributed by atoms with Crippen molar-refractivity contribution in [2.45, 2.75) is 12.3 Å². The fourth-order valence-corrected chi connectivity index (χ4v) is 3.40. The molecule has 0 saturated carbocycles. The minimum atomic E-state index is 0.343. The highest BCUT2D eigenvalue weighted by Crippen LogP contribution is 2.32. The standard InChI is InChI=1S/C17H17ClN2S/c18-16-10-14(6-7-15(16)17(19)21)20-9-8-13(11-20)12-4-2-1-3-5-12/h1-7,10,13H,8-9,11H2,(H2,19,21). The highest BCUT2D eigenvalue weighted by atomic mass is 35.5. The minimum absolute atomic E-state index is 0.343. The van der Waals surface area contributed by atoms with E-state index >= 15 is 0 Å². The highest BCUT2D eigenvalue weighted by molar-refractivity contribution is 7.80. The smallest absolute Gasteiger partial charge is 0.105 e. The zero-order chi connectivity index (χ0) is 14.8. The molecule has 21 heavy (non-hydrogen) atoms. The summed E-state index contributed by atoms with van der Waals surface area (Å²) in [5, 5.41) is 0.628. The number of thiocarbonyl (C=S) groups is 1. The van der Waals surface area contributed by atoms with Crippen LogP contribution in [-0.2, 0) is 0 Å². The molecule has 1 aliphatic rings. The third-order valence-electron chi connectivity index (χ3n) is 4.04. The van der Waals surface area contributed by atoms with Gasteiger partial charge in [-0.25, -0.2) is 0 Å². The molecule has 2 nitrogen and oxygen atoms in total. The molecule has 0 amide bonds. The van der Waals surface area contributed by atoms with Crippen LogP contribution in [0, 0.1) is 0 Å². The van der Waals surface area contributed by atoms with E-state index in [1.165, 1.54) is 12.0 Å². The summed E-state index contributed by atoms with van der Waals surface area (Å²) in [6, 6.07) is 16.6. The molecule has 2 N–H and O–H groups in total. The van der Waals surface area contributed by atoms with E-state index in [0.29, 0.717) is 15.9 Å². The largest absolute Gasteiger partial charge is 0.389 e. The summed E-state index contributed by atoms with van der Waals surface area (Å²) in [5.74, 6) is 0.584. The first-order valence-corrected chi connectivity index (χ1v) is 7.83. The van der Waals surface area contributed by atoms with Gasteiger partial charge in [-0.15, -0.1) is 0 Å². The molecule has 0 spiro atoms. The van der Waals surface area contributed by atoms with E-state index < -0.39 is 0 Å². The van der Waals surface area contributed by atoms with E-state index in [9.17, 15) is 0 Å². The van der Waals surface area contributed by atoms with E-state index in [1.54, 1.807) is 0 Å². The van der Waals surface area contributed by atoms with Gasteiger partial charge in [0.25, 0.3) is 0 Å². The molecule has 2 aromatic carbocycles. The van der Waals surface area contributed by atoms with Crippen molar-refractivity contribution in [3.8, 4) is 0 Å².